The summed E-state index contributed by atoms with van der Waals surface area (Å²) in [6.07, 6.45) is 10.2. The van der Waals surface area contributed by atoms with Gasteiger partial charge in [0.15, 0.2) is 0 Å². The first-order valence-electron chi connectivity index (χ1n) is 6.87. The molecular weight excluding hydrogens is 254 g/mol. The van der Waals surface area contributed by atoms with Crippen LogP contribution in [0.5, 0.6) is 0 Å². The molecule has 1 aliphatic rings. The van der Waals surface area contributed by atoms with Gasteiger partial charge in [-0.05, 0) is 37.5 Å². The Hall–Kier alpha value is -2.23. The third-order valence-corrected chi connectivity index (χ3v) is 3.54. The summed E-state index contributed by atoms with van der Waals surface area (Å²) in [5, 5.41) is 2.94. The van der Waals surface area contributed by atoms with Crippen molar-refractivity contribution >= 4 is 5.91 Å². The summed E-state index contributed by atoms with van der Waals surface area (Å²) < 4.78 is 10.7. The van der Waals surface area contributed by atoms with Crippen molar-refractivity contribution in [2.45, 2.75) is 25.8 Å². The summed E-state index contributed by atoms with van der Waals surface area (Å²) in [7, 11) is 0. The number of hydrogen-bond donors (Lipinski definition) is 1. The van der Waals surface area contributed by atoms with Gasteiger partial charge in [-0.1, -0.05) is 12.2 Å². The van der Waals surface area contributed by atoms with E-state index in [1.165, 1.54) is 0 Å². The van der Waals surface area contributed by atoms with Crippen LogP contribution in [0.4, 0.5) is 0 Å². The molecule has 4 nitrogen and oxygen atoms in total. The van der Waals surface area contributed by atoms with Crippen LogP contribution in [-0.2, 0) is 11.3 Å². The molecule has 1 atom stereocenters. The van der Waals surface area contributed by atoms with E-state index in [-0.39, 0.29) is 11.8 Å². The number of hydrogen-bond acceptors (Lipinski definition) is 3. The Kier molecular flexibility index (Phi) is 3.72. The highest BCUT2D eigenvalue weighted by atomic mass is 16.3. The molecule has 2 heterocycles. The van der Waals surface area contributed by atoms with Gasteiger partial charge in [-0.25, -0.2) is 0 Å². The molecule has 2 aromatic rings. The average molecular weight is 271 g/mol. The van der Waals surface area contributed by atoms with Crippen LogP contribution in [-0.4, -0.2) is 5.91 Å². The van der Waals surface area contributed by atoms with Crippen LogP contribution in [0.3, 0.4) is 0 Å². The highest BCUT2D eigenvalue weighted by Crippen LogP contribution is 2.23. The third-order valence-electron chi connectivity index (χ3n) is 3.54. The molecule has 4 heteroatoms. The fourth-order valence-corrected chi connectivity index (χ4v) is 2.38. The van der Waals surface area contributed by atoms with Gasteiger partial charge in [0.2, 0.25) is 5.91 Å². The van der Waals surface area contributed by atoms with Crippen LogP contribution in [0.15, 0.2) is 51.7 Å². The molecule has 0 saturated heterocycles. The van der Waals surface area contributed by atoms with Gasteiger partial charge in [0.05, 0.1) is 18.4 Å². The summed E-state index contributed by atoms with van der Waals surface area (Å²) in [5.41, 5.74) is 0.903. The minimum atomic E-state index is 0.100. The van der Waals surface area contributed by atoms with Crippen LogP contribution in [0.2, 0.25) is 0 Å². The van der Waals surface area contributed by atoms with E-state index in [9.17, 15) is 4.79 Å². The van der Waals surface area contributed by atoms with E-state index in [2.05, 4.69) is 17.5 Å². The van der Waals surface area contributed by atoms with E-state index in [0.717, 1.165) is 36.3 Å². The van der Waals surface area contributed by atoms with Crippen LogP contribution in [0, 0.1) is 5.92 Å². The number of allylic oxidation sites excluding steroid dienone is 2. The zero-order chi connectivity index (χ0) is 13.8. The molecule has 2 aromatic heterocycles. The van der Waals surface area contributed by atoms with E-state index in [1.54, 1.807) is 12.5 Å². The maximum Gasteiger partial charge on any atom is 0.223 e. The van der Waals surface area contributed by atoms with Crippen molar-refractivity contribution < 1.29 is 13.6 Å². The maximum atomic E-state index is 12.0. The second-order valence-corrected chi connectivity index (χ2v) is 4.98. The molecule has 0 saturated carbocycles. The Morgan fingerprint density at radius 2 is 2.25 bits per heavy atom. The zero-order valence-electron chi connectivity index (χ0n) is 11.2. The smallest absolute Gasteiger partial charge is 0.223 e. The van der Waals surface area contributed by atoms with Gasteiger partial charge in [0.1, 0.15) is 17.8 Å². The van der Waals surface area contributed by atoms with Gasteiger partial charge >= 0.3 is 0 Å². The van der Waals surface area contributed by atoms with Crippen molar-refractivity contribution in [3.8, 4) is 11.3 Å². The van der Waals surface area contributed by atoms with Crippen molar-refractivity contribution in [3.63, 3.8) is 0 Å². The van der Waals surface area contributed by atoms with Crippen molar-refractivity contribution in [2.24, 2.45) is 5.92 Å². The van der Waals surface area contributed by atoms with Crippen molar-refractivity contribution in [3.05, 3.63) is 48.6 Å². The standard InChI is InChI=1S/C16H17NO3/c18-16(12-4-2-1-3-5-12)17-10-14-6-7-15(20-14)13-8-9-19-11-13/h1-2,6-9,11-12H,3-5,10H2,(H,17,18)/t12-/m0/s1. The first kappa shape index (κ1) is 12.8. The lowest BCUT2D eigenvalue weighted by Gasteiger charge is -2.16. The van der Waals surface area contributed by atoms with Crippen LogP contribution < -0.4 is 5.32 Å². The van der Waals surface area contributed by atoms with Gasteiger partial charge in [-0.2, -0.15) is 0 Å². The molecule has 1 aliphatic carbocycles. The zero-order valence-corrected chi connectivity index (χ0v) is 11.2. The molecule has 0 spiro atoms. The van der Waals surface area contributed by atoms with Gasteiger partial charge in [-0.3, -0.25) is 4.79 Å². The lowest BCUT2D eigenvalue weighted by molar-refractivity contribution is -0.125. The lowest BCUT2D eigenvalue weighted by atomic mass is 9.94. The number of carbonyl (C=O) groups is 1. The van der Waals surface area contributed by atoms with Crippen LogP contribution >= 0.6 is 0 Å². The number of rotatable bonds is 4. The van der Waals surface area contributed by atoms with E-state index in [0.29, 0.717) is 6.54 Å². The predicted molar refractivity (Wildman–Crippen MR) is 74.7 cm³/mol. The highest BCUT2D eigenvalue weighted by molar-refractivity contribution is 5.78. The van der Waals surface area contributed by atoms with Crippen LogP contribution in [0.1, 0.15) is 25.0 Å². The lowest BCUT2D eigenvalue weighted by Crippen LogP contribution is -2.30. The highest BCUT2D eigenvalue weighted by Gasteiger charge is 2.18. The molecule has 0 unspecified atom stereocenters. The quantitative estimate of drug-likeness (QED) is 0.866. The summed E-state index contributed by atoms with van der Waals surface area (Å²) >= 11 is 0. The Morgan fingerprint density at radius 1 is 1.30 bits per heavy atom. The second kappa shape index (κ2) is 5.82. The monoisotopic (exact) mass is 271 g/mol. The minimum Gasteiger partial charge on any atom is -0.472 e. The number of nitrogens with one attached hydrogen (secondary N) is 1. The molecular formula is C16H17NO3. The first-order valence-corrected chi connectivity index (χ1v) is 6.87. The fraction of sp³-hybridized carbons (Fsp3) is 0.312. The Labute approximate surface area is 117 Å². The SMILES string of the molecule is O=C(NCc1ccc(-c2ccoc2)o1)[C@H]1CC=CCC1. The summed E-state index contributed by atoms with van der Waals surface area (Å²) in [5.74, 6) is 1.71. The third kappa shape index (κ3) is 2.85. The van der Waals surface area contributed by atoms with Gasteiger partial charge < -0.3 is 14.2 Å². The molecule has 20 heavy (non-hydrogen) atoms. The van der Waals surface area contributed by atoms with Crippen molar-refractivity contribution in [2.75, 3.05) is 0 Å². The molecule has 0 aliphatic heterocycles. The van der Waals surface area contributed by atoms with E-state index in [4.69, 9.17) is 8.83 Å². The molecule has 0 radical (unpaired) electrons. The van der Waals surface area contributed by atoms with Gasteiger partial charge in [0.25, 0.3) is 0 Å². The number of furan rings is 2. The van der Waals surface area contributed by atoms with E-state index < -0.39 is 0 Å². The van der Waals surface area contributed by atoms with Gasteiger partial charge in [0, 0.05) is 5.92 Å². The Balaban J connectivity index is 1.56. The first-order chi connectivity index (χ1) is 9.83. The largest absolute Gasteiger partial charge is 0.472 e. The topological polar surface area (TPSA) is 55.4 Å². The molecule has 1 N–H and O–H groups in total. The normalized spacial score (nSPS) is 18.1. The predicted octanol–water partition coefficient (Wildman–Crippen LogP) is 3.51. The molecule has 0 bridgehead atoms. The molecule has 1 amide bonds. The van der Waals surface area contributed by atoms with E-state index >= 15 is 0 Å². The molecule has 3 rings (SSSR count). The Morgan fingerprint density at radius 3 is 3.00 bits per heavy atom. The molecule has 0 aromatic carbocycles. The average Bonchev–Trinajstić information content (AvgIpc) is 3.16. The van der Waals surface area contributed by atoms with Crippen molar-refractivity contribution in [1.82, 2.24) is 5.32 Å². The summed E-state index contributed by atoms with van der Waals surface area (Å²) in [6.45, 7) is 0.427. The summed E-state index contributed by atoms with van der Waals surface area (Å²) in [4.78, 5) is 12.0. The Bertz CT molecular complexity index is 595. The molecule has 0 fully saturated rings. The minimum absolute atomic E-state index is 0.100. The summed E-state index contributed by atoms with van der Waals surface area (Å²) in [6, 6.07) is 5.61. The molecule has 104 valence electrons. The van der Waals surface area contributed by atoms with E-state index in [1.807, 2.05) is 18.2 Å². The number of amides is 1. The van der Waals surface area contributed by atoms with Gasteiger partial charge in [-0.15, -0.1) is 0 Å². The van der Waals surface area contributed by atoms with Crippen molar-refractivity contribution in [1.29, 1.82) is 0 Å². The fourth-order valence-electron chi connectivity index (χ4n) is 2.38. The maximum absolute atomic E-state index is 12.0. The number of carbonyl (C=O) groups excluding carboxylic acids is 1. The van der Waals surface area contributed by atoms with Crippen LogP contribution in [0.25, 0.3) is 11.3 Å². The second-order valence-electron chi connectivity index (χ2n) is 4.98.